The van der Waals surface area contributed by atoms with E-state index in [-0.39, 0.29) is 0 Å². The zero-order valence-electron chi connectivity index (χ0n) is 17.7. The summed E-state index contributed by atoms with van der Waals surface area (Å²) in [6.45, 7) is 0. The van der Waals surface area contributed by atoms with E-state index in [2.05, 4.69) is 72.8 Å². The lowest BCUT2D eigenvalue weighted by Gasteiger charge is -2.18. The molecule has 5 aromatic carbocycles. The predicted octanol–water partition coefficient (Wildman–Crippen LogP) is 7.52. The zero-order valence-corrected chi connectivity index (χ0v) is 17.7. The summed E-state index contributed by atoms with van der Waals surface area (Å²) in [5.74, 6) is 0. The van der Waals surface area contributed by atoms with E-state index in [1.54, 1.807) is 0 Å². The van der Waals surface area contributed by atoms with E-state index in [1.807, 2.05) is 48.5 Å². The fraction of sp³-hybridized carbons (Fsp3) is 0. The molecule has 154 valence electrons. The van der Waals surface area contributed by atoms with Gasteiger partial charge in [-0.1, -0.05) is 103 Å². The average molecular weight is 413 g/mol. The first-order valence-corrected chi connectivity index (χ1v) is 10.7. The van der Waals surface area contributed by atoms with Gasteiger partial charge in [0.25, 0.3) is 0 Å². The van der Waals surface area contributed by atoms with E-state index in [0.29, 0.717) is 0 Å². The van der Waals surface area contributed by atoms with Gasteiger partial charge in [0, 0.05) is 16.9 Å². The highest BCUT2D eigenvalue weighted by molar-refractivity contribution is 5.98. The van der Waals surface area contributed by atoms with Crippen LogP contribution in [0.25, 0.3) is 44.5 Å². The van der Waals surface area contributed by atoms with Gasteiger partial charge in [-0.3, -0.25) is 0 Å². The minimum absolute atomic E-state index is 0.757. The minimum atomic E-state index is 0.757. The molecule has 0 heterocycles. The van der Waals surface area contributed by atoms with Gasteiger partial charge < -0.3 is 11.5 Å². The highest BCUT2D eigenvalue weighted by Gasteiger charge is 2.16. The molecule has 0 radical (unpaired) electrons. The van der Waals surface area contributed by atoms with Gasteiger partial charge >= 0.3 is 0 Å². The van der Waals surface area contributed by atoms with Crippen molar-refractivity contribution >= 4 is 11.4 Å². The molecule has 5 aromatic rings. The Morgan fingerprint density at radius 1 is 0.375 bits per heavy atom. The van der Waals surface area contributed by atoms with Crippen LogP contribution in [0.15, 0.2) is 121 Å². The van der Waals surface area contributed by atoms with Crippen LogP contribution in [0.5, 0.6) is 0 Å². The first-order valence-electron chi connectivity index (χ1n) is 10.7. The van der Waals surface area contributed by atoms with Crippen molar-refractivity contribution < 1.29 is 0 Å². The van der Waals surface area contributed by atoms with Crippen LogP contribution in [-0.2, 0) is 0 Å². The SMILES string of the molecule is Nc1cccc(-c2ccccc2-c2ccccc2-c2cccc(N)c2-c2ccccc2)c1. The summed E-state index contributed by atoms with van der Waals surface area (Å²) >= 11 is 0. The molecule has 0 aliphatic carbocycles. The number of nitrogens with two attached hydrogens (primary N) is 2. The summed E-state index contributed by atoms with van der Waals surface area (Å²) in [6.07, 6.45) is 0. The van der Waals surface area contributed by atoms with Crippen molar-refractivity contribution in [1.82, 2.24) is 0 Å². The lowest BCUT2D eigenvalue weighted by atomic mass is 9.86. The molecule has 2 heteroatoms. The Morgan fingerprint density at radius 2 is 0.875 bits per heavy atom. The van der Waals surface area contributed by atoms with E-state index in [9.17, 15) is 0 Å². The smallest absolute Gasteiger partial charge is 0.0400 e. The quantitative estimate of drug-likeness (QED) is 0.300. The second-order valence-electron chi connectivity index (χ2n) is 7.85. The van der Waals surface area contributed by atoms with Crippen molar-refractivity contribution in [3.8, 4) is 44.5 Å². The van der Waals surface area contributed by atoms with E-state index in [0.717, 1.165) is 55.9 Å². The number of nitrogen functional groups attached to an aromatic ring is 2. The van der Waals surface area contributed by atoms with Crippen LogP contribution in [-0.4, -0.2) is 0 Å². The third-order valence-electron chi connectivity index (χ3n) is 5.79. The minimum Gasteiger partial charge on any atom is -0.399 e. The third-order valence-corrected chi connectivity index (χ3v) is 5.79. The summed E-state index contributed by atoms with van der Waals surface area (Å²) in [5.41, 5.74) is 23.1. The van der Waals surface area contributed by atoms with Crippen LogP contribution in [0.1, 0.15) is 0 Å². The van der Waals surface area contributed by atoms with Crippen molar-refractivity contribution in [2.24, 2.45) is 0 Å². The van der Waals surface area contributed by atoms with Crippen molar-refractivity contribution in [1.29, 1.82) is 0 Å². The van der Waals surface area contributed by atoms with Crippen LogP contribution in [0.2, 0.25) is 0 Å². The molecule has 0 spiro atoms. The van der Waals surface area contributed by atoms with Gasteiger partial charge in [0.15, 0.2) is 0 Å². The van der Waals surface area contributed by atoms with Crippen LogP contribution >= 0.6 is 0 Å². The number of benzene rings is 5. The maximum atomic E-state index is 6.50. The van der Waals surface area contributed by atoms with Gasteiger partial charge in [-0.05, 0) is 57.1 Å². The Labute approximate surface area is 188 Å². The normalized spacial score (nSPS) is 10.8. The van der Waals surface area contributed by atoms with E-state index >= 15 is 0 Å². The van der Waals surface area contributed by atoms with Gasteiger partial charge in [-0.25, -0.2) is 0 Å². The van der Waals surface area contributed by atoms with Crippen molar-refractivity contribution in [3.05, 3.63) is 121 Å². The molecular weight excluding hydrogens is 388 g/mol. The summed E-state index contributed by atoms with van der Waals surface area (Å²) < 4.78 is 0. The maximum Gasteiger partial charge on any atom is 0.0400 e. The highest BCUT2D eigenvalue weighted by atomic mass is 14.6. The molecule has 2 nitrogen and oxygen atoms in total. The molecule has 0 unspecified atom stereocenters. The lowest BCUT2D eigenvalue weighted by Crippen LogP contribution is -1.95. The molecule has 0 saturated heterocycles. The molecule has 0 aromatic heterocycles. The van der Waals surface area contributed by atoms with Crippen molar-refractivity contribution in [2.45, 2.75) is 0 Å². The maximum absolute atomic E-state index is 6.50. The summed E-state index contributed by atoms with van der Waals surface area (Å²) in [5, 5.41) is 0. The number of hydrogen-bond donors (Lipinski definition) is 2. The van der Waals surface area contributed by atoms with Gasteiger partial charge in [-0.2, -0.15) is 0 Å². The molecule has 0 bridgehead atoms. The fourth-order valence-corrected chi connectivity index (χ4v) is 4.35. The monoisotopic (exact) mass is 412 g/mol. The Hall–Kier alpha value is -4.30. The molecule has 0 saturated carbocycles. The fourth-order valence-electron chi connectivity index (χ4n) is 4.35. The van der Waals surface area contributed by atoms with Crippen molar-refractivity contribution in [2.75, 3.05) is 11.5 Å². The van der Waals surface area contributed by atoms with Crippen LogP contribution < -0.4 is 11.5 Å². The Balaban J connectivity index is 1.76. The van der Waals surface area contributed by atoms with Gasteiger partial charge in [0.2, 0.25) is 0 Å². The third kappa shape index (κ3) is 3.63. The average Bonchev–Trinajstić information content (AvgIpc) is 2.84. The largest absolute Gasteiger partial charge is 0.399 e. The standard InChI is InChI=1S/C30H24N2/c31-23-13-8-12-22(20-23)24-14-4-5-15-25(24)26-16-6-7-17-27(26)28-18-9-19-29(32)30(28)21-10-2-1-3-11-21/h1-20H,31-32H2. The van der Waals surface area contributed by atoms with Gasteiger partial charge in [0.1, 0.15) is 0 Å². The Morgan fingerprint density at radius 3 is 1.56 bits per heavy atom. The second kappa shape index (κ2) is 8.44. The number of hydrogen-bond acceptors (Lipinski definition) is 2. The molecule has 0 amide bonds. The highest BCUT2D eigenvalue weighted by Crippen LogP contribution is 2.43. The summed E-state index contributed by atoms with van der Waals surface area (Å²) in [4.78, 5) is 0. The molecule has 0 atom stereocenters. The molecule has 0 aliphatic heterocycles. The van der Waals surface area contributed by atoms with E-state index in [4.69, 9.17) is 11.5 Å². The first-order chi connectivity index (χ1) is 15.7. The van der Waals surface area contributed by atoms with Gasteiger partial charge in [-0.15, -0.1) is 0 Å². The topological polar surface area (TPSA) is 52.0 Å². The molecule has 5 rings (SSSR count). The summed E-state index contributed by atoms with van der Waals surface area (Å²) in [6, 6.07) is 41.5. The van der Waals surface area contributed by atoms with E-state index < -0.39 is 0 Å². The predicted molar refractivity (Wildman–Crippen MR) is 137 cm³/mol. The molecule has 32 heavy (non-hydrogen) atoms. The molecule has 4 N–H and O–H groups in total. The Bertz CT molecular complexity index is 1390. The zero-order chi connectivity index (χ0) is 21.9. The second-order valence-corrected chi connectivity index (χ2v) is 7.85. The van der Waals surface area contributed by atoms with Crippen LogP contribution in [0, 0.1) is 0 Å². The number of rotatable bonds is 4. The van der Waals surface area contributed by atoms with Crippen molar-refractivity contribution in [3.63, 3.8) is 0 Å². The van der Waals surface area contributed by atoms with Crippen LogP contribution in [0.3, 0.4) is 0 Å². The first kappa shape index (κ1) is 19.7. The molecule has 0 aliphatic rings. The van der Waals surface area contributed by atoms with Crippen LogP contribution in [0.4, 0.5) is 11.4 Å². The Kier molecular flexibility index (Phi) is 5.19. The van der Waals surface area contributed by atoms with E-state index in [1.165, 1.54) is 0 Å². The molecular formula is C30H24N2. The number of anilines is 2. The lowest BCUT2D eigenvalue weighted by molar-refractivity contribution is 1.55. The molecule has 0 fully saturated rings. The summed E-state index contributed by atoms with van der Waals surface area (Å²) in [7, 11) is 0. The van der Waals surface area contributed by atoms with Gasteiger partial charge in [0.05, 0.1) is 0 Å².